The summed E-state index contributed by atoms with van der Waals surface area (Å²) in [7, 11) is 0. The summed E-state index contributed by atoms with van der Waals surface area (Å²) in [6, 6.07) is 1.18. The number of ether oxygens (including phenoxy) is 1. The Balaban J connectivity index is 1.48. The molecule has 1 spiro atoms. The molecule has 3 fully saturated rings. The molecule has 21 heavy (non-hydrogen) atoms. The second kappa shape index (κ2) is 6.66. The van der Waals surface area contributed by atoms with Gasteiger partial charge in [-0.25, -0.2) is 0 Å². The number of hydrogen-bond donors (Lipinski definition) is 2. The van der Waals surface area contributed by atoms with Crippen LogP contribution in [-0.4, -0.2) is 30.2 Å². The minimum Gasteiger partial charge on any atom is -0.375 e. The third kappa shape index (κ3) is 3.78. The lowest BCUT2D eigenvalue weighted by Crippen LogP contribution is -2.51. The van der Waals surface area contributed by atoms with E-state index in [1.807, 2.05) is 0 Å². The van der Waals surface area contributed by atoms with E-state index in [0.29, 0.717) is 12.1 Å². The molecule has 120 valence electrons. The number of primary amides is 1. The van der Waals surface area contributed by atoms with Crippen LogP contribution in [0.2, 0.25) is 0 Å². The van der Waals surface area contributed by atoms with Crippen molar-refractivity contribution in [2.45, 2.75) is 88.3 Å². The first-order valence-corrected chi connectivity index (χ1v) is 8.86. The maximum Gasteiger partial charge on any atom is 0.220 e. The number of rotatable bonds is 3. The number of hydrogen-bond acceptors (Lipinski definition) is 3. The van der Waals surface area contributed by atoms with E-state index in [1.54, 1.807) is 0 Å². The fourth-order valence-corrected chi connectivity index (χ4v) is 4.59. The highest BCUT2D eigenvalue weighted by Crippen LogP contribution is 2.39. The molecule has 2 saturated carbocycles. The van der Waals surface area contributed by atoms with Gasteiger partial charge >= 0.3 is 0 Å². The molecule has 3 rings (SSSR count). The molecule has 4 nitrogen and oxygen atoms in total. The minimum absolute atomic E-state index is 0.110. The Bertz CT molecular complexity index is 352. The van der Waals surface area contributed by atoms with Crippen LogP contribution in [0, 0.1) is 5.92 Å². The molecule has 1 saturated heterocycles. The van der Waals surface area contributed by atoms with Crippen molar-refractivity contribution in [1.29, 1.82) is 0 Å². The molecule has 1 atom stereocenters. The summed E-state index contributed by atoms with van der Waals surface area (Å²) in [6.45, 7) is 0.911. The number of nitrogens with two attached hydrogens (primary N) is 1. The molecule has 3 N–H and O–H groups in total. The Labute approximate surface area is 128 Å². The quantitative estimate of drug-likeness (QED) is 0.840. The molecule has 4 heteroatoms. The first-order chi connectivity index (χ1) is 10.2. The summed E-state index contributed by atoms with van der Waals surface area (Å²) in [4.78, 5) is 11.2. The summed E-state index contributed by atoms with van der Waals surface area (Å²) < 4.78 is 6.17. The first-order valence-electron chi connectivity index (χ1n) is 8.86. The van der Waals surface area contributed by atoms with Crippen LogP contribution in [0.25, 0.3) is 0 Å². The summed E-state index contributed by atoms with van der Waals surface area (Å²) in [5.74, 6) is 0.00287. The molecule has 1 unspecified atom stereocenters. The highest BCUT2D eigenvalue weighted by Gasteiger charge is 2.39. The maximum absolute atomic E-state index is 11.2. The minimum atomic E-state index is -0.110. The molecule has 0 aromatic heterocycles. The van der Waals surface area contributed by atoms with Gasteiger partial charge in [-0.3, -0.25) is 4.79 Å². The van der Waals surface area contributed by atoms with Gasteiger partial charge in [-0.2, -0.15) is 0 Å². The van der Waals surface area contributed by atoms with Crippen molar-refractivity contribution >= 4 is 5.91 Å². The van der Waals surface area contributed by atoms with Crippen molar-refractivity contribution < 1.29 is 9.53 Å². The number of carbonyl (C=O) groups excluding carboxylic acids is 1. The Morgan fingerprint density at radius 2 is 1.71 bits per heavy atom. The molecule has 2 aliphatic carbocycles. The molecule has 0 bridgehead atoms. The van der Waals surface area contributed by atoms with Gasteiger partial charge in [0, 0.05) is 24.6 Å². The second-order valence-electron chi connectivity index (χ2n) is 7.40. The number of carbonyl (C=O) groups is 1. The topological polar surface area (TPSA) is 64.4 Å². The standard InChI is InChI=1S/C17H30N2O2/c18-16(20)13-4-6-14(7-5-13)19-15-8-11-21-17(12-15)9-2-1-3-10-17/h13-15,19H,1-12H2,(H2,18,20). The molecule has 0 aromatic carbocycles. The van der Waals surface area contributed by atoms with Gasteiger partial charge in [-0.05, 0) is 51.4 Å². The monoisotopic (exact) mass is 294 g/mol. The fraction of sp³-hybridized carbons (Fsp3) is 0.941. The van der Waals surface area contributed by atoms with Crippen LogP contribution in [0.4, 0.5) is 0 Å². The van der Waals surface area contributed by atoms with Crippen molar-refractivity contribution in [2.24, 2.45) is 11.7 Å². The zero-order chi connectivity index (χ0) is 14.7. The average molecular weight is 294 g/mol. The fourth-order valence-electron chi connectivity index (χ4n) is 4.59. The Morgan fingerprint density at radius 1 is 1.00 bits per heavy atom. The molecular weight excluding hydrogens is 264 g/mol. The van der Waals surface area contributed by atoms with Gasteiger partial charge in [-0.15, -0.1) is 0 Å². The first kappa shape index (κ1) is 15.3. The summed E-state index contributed by atoms with van der Waals surface area (Å²) >= 11 is 0. The second-order valence-corrected chi connectivity index (χ2v) is 7.40. The van der Waals surface area contributed by atoms with E-state index in [0.717, 1.165) is 38.7 Å². The van der Waals surface area contributed by atoms with Gasteiger partial charge in [0.05, 0.1) is 5.60 Å². The predicted molar refractivity (Wildman–Crippen MR) is 82.9 cm³/mol. The van der Waals surface area contributed by atoms with Crippen molar-refractivity contribution in [3.63, 3.8) is 0 Å². The van der Waals surface area contributed by atoms with Crippen molar-refractivity contribution in [3.05, 3.63) is 0 Å². The SMILES string of the molecule is NC(=O)C1CCC(NC2CCOC3(CCCCC3)C2)CC1. The van der Waals surface area contributed by atoms with Gasteiger partial charge in [-0.1, -0.05) is 19.3 Å². The zero-order valence-corrected chi connectivity index (χ0v) is 13.1. The lowest BCUT2D eigenvalue weighted by atomic mass is 9.77. The van der Waals surface area contributed by atoms with E-state index in [4.69, 9.17) is 10.5 Å². The molecular formula is C17H30N2O2. The van der Waals surface area contributed by atoms with Crippen molar-refractivity contribution in [2.75, 3.05) is 6.61 Å². The lowest BCUT2D eigenvalue weighted by molar-refractivity contribution is -0.122. The molecule has 0 aromatic rings. The number of nitrogens with one attached hydrogen (secondary N) is 1. The smallest absolute Gasteiger partial charge is 0.220 e. The van der Waals surface area contributed by atoms with E-state index in [2.05, 4.69) is 5.32 Å². The maximum atomic E-state index is 11.2. The van der Waals surface area contributed by atoms with Crippen LogP contribution in [0.3, 0.4) is 0 Å². The third-order valence-electron chi connectivity index (χ3n) is 5.86. The highest BCUT2D eigenvalue weighted by atomic mass is 16.5. The Morgan fingerprint density at radius 3 is 2.38 bits per heavy atom. The Hall–Kier alpha value is -0.610. The predicted octanol–water partition coefficient (Wildman–Crippen LogP) is 2.50. The summed E-state index contributed by atoms with van der Waals surface area (Å²) in [6.07, 6.45) is 13.0. The molecule has 3 aliphatic rings. The number of amides is 1. The van der Waals surface area contributed by atoms with E-state index in [-0.39, 0.29) is 17.4 Å². The van der Waals surface area contributed by atoms with Crippen molar-refractivity contribution in [1.82, 2.24) is 5.32 Å². The van der Waals surface area contributed by atoms with Crippen LogP contribution in [0.1, 0.15) is 70.6 Å². The van der Waals surface area contributed by atoms with Crippen LogP contribution in [0.15, 0.2) is 0 Å². The van der Waals surface area contributed by atoms with Gasteiger partial charge in [0.2, 0.25) is 5.91 Å². The zero-order valence-electron chi connectivity index (χ0n) is 13.1. The third-order valence-corrected chi connectivity index (χ3v) is 5.86. The van der Waals surface area contributed by atoms with Crippen LogP contribution < -0.4 is 11.1 Å². The van der Waals surface area contributed by atoms with E-state index >= 15 is 0 Å². The summed E-state index contributed by atoms with van der Waals surface area (Å²) in [5, 5.41) is 3.86. The molecule has 1 heterocycles. The largest absolute Gasteiger partial charge is 0.375 e. The Kier molecular flexibility index (Phi) is 4.85. The van der Waals surface area contributed by atoms with Gasteiger partial charge < -0.3 is 15.8 Å². The van der Waals surface area contributed by atoms with Gasteiger partial charge in [0.25, 0.3) is 0 Å². The summed E-state index contributed by atoms with van der Waals surface area (Å²) in [5.41, 5.74) is 5.59. The van der Waals surface area contributed by atoms with E-state index in [9.17, 15) is 4.79 Å². The normalized spacial score (nSPS) is 36.5. The molecule has 1 amide bonds. The van der Waals surface area contributed by atoms with Crippen LogP contribution in [0.5, 0.6) is 0 Å². The average Bonchev–Trinajstić information content (AvgIpc) is 2.49. The lowest BCUT2D eigenvalue weighted by Gasteiger charge is -2.45. The van der Waals surface area contributed by atoms with Crippen LogP contribution in [-0.2, 0) is 9.53 Å². The molecule has 0 radical (unpaired) electrons. The van der Waals surface area contributed by atoms with Gasteiger partial charge in [0.15, 0.2) is 0 Å². The highest BCUT2D eigenvalue weighted by molar-refractivity contribution is 5.76. The van der Waals surface area contributed by atoms with Gasteiger partial charge in [0.1, 0.15) is 0 Å². The van der Waals surface area contributed by atoms with E-state index in [1.165, 1.54) is 38.5 Å². The van der Waals surface area contributed by atoms with E-state index < -0.39 is 0 Å². The van der Waals surface area contributed by atoms with Crippen molar-refractivity contribution in [3.8, 4) is 0 Å². The van der Waals surface area contributed by atoms with Crippen LogP contribution >= 0.6 is 0 Å². The molecule has 1 aliphatic heterocycles.